The summed E-state index contributed by atoms with van der Waals surface area (Å²) in [6, 6.07) is 1.11. The Balaban J connectivity index is 2.00. The van der Waals surface area contributed by atoms with Crippen molar-refractivity contribution in [3.05, 3.63) is 12.2 Å². The number of hydrogen-bond donors (Lipinski definition) is 1. The van der Waals surface area contributed by atoms with Crippen LogP contribution in [0.4, 0.5) is 0 Å². The predicted octanol–water partition coefficient (Wildman–Crippen LogP) is 1.56. The van der Waals surface area contributed by atoms with Gasteiger partial charge in [0.05, 0.1) is 6.54 Å². The Morgan fingerprint density at radius 2 is 2.28 bits per heavy atom. The van der Waals surface area contributed by atoms with Gasteiger partial charge in [-0.05, 0) is 39.7 Å². The highest BCUT2D eigenvalue weighted by Gasteiger charge is 2.25. The van der Waals surface area contributed by atoms with Crippen LogP contribution in [-0.4, -0.2) is 38.8 Å². The summed E-state index contributed by atoms with van der Waals surface area (Å²) in [5.41, 5.74) is 5.63. The van der Waals surface area contributed by atoms with E-state index in [0.29, 0.717) is 6.04 Å². The molecule has 1 heterocycles. The molecule has 5 nitrogen and oxygen atoms in total. The smallest absolute Gasteiger partial charge is 0.141 e. The van der Waals surface area contributed by atoms with Crippen LogP contribution >= 0.6 is 0 Å². The maximum atomic E-state index is 5.63. The zero-order valence-corrected chi connectivity index (χ0v) is 11.5. The van der Waals surface area contributed by atoms with E-state index in [1.807, 2.05) is 4.68 Å². The van der Waals surface area contributed by atoms with Crippen LogP contribution in [-0.2, 0) is 6.54 Å². The van der Waals surface area contributed by atoms with Crippen LogP contribution in [0.2, 0.25) is 0 Å². The van der Waals surface area contributed by atoms with Gasteiger partial charge in [0.2, 0.25) is 0 Å². The van der Waals surface area contributed by atoms with Gasteiger partial charge >= 0.3 is 0 Å². The highest BCUT2D eigenvalue weighted by Crippen LogP contribution is 2.26. The first kappa shape index (κ1) is 13.5. The summed E-state index contributed by atoms with van der Waals surface area (Å²) in [5, 5.41) is 4.31. The molecule has 0 radical (unpaired) electrons. The van der Waals surface area contributed by atoms with Gasteiger partial charge in [0.25, 0.3) is 0 Å². The molecule has 18 heavy (non-hydrogen) atoms. The standard InChI is InChI=1S/C13H25N5/c1-11(2)18-13(15-10-16-18)9-17(8-4-7-14)12-5-3-6-12/h10-12H,3-9,14H2,1-2H3. The van der Waals surface area contributed by atoms with Gasteiger partial charge in [-0.3, -0.25) is 4.90 Å². The molecule has 1 aromatic rings. The lowest BCUT2D eigenvalue weighted by molar-refractivity contribution is 0.113. The zero-order valence-electron chi connectivity index (χ0n) is 11.5. The van der Waals surface area contributed by atoms with E-state index >= 15 is 0 Å². The molecule has 0 spiro atoms. The average Bonchev–Trinajstić information content (AvgIpc) is 2.71. The lowest BCUT2D eigenvalue weighted by Crippen LogP contribution is -2.41. The molecular weight excluding hydrogens is 226 g/mol. The third-order valence-electron chi connectivity index (χ3n) is 3.72. The van der Waals surface area contributed by atoms with Crippen molar-refractivity contribution >= 4 is 0 Å². The van der Waals surface area contributed by atoms with E-state index in [-0.39, 0.29) is 0 Å². The van der Waals surface area contributed by atoms with Gasteiger partial charge in [-0.25, -0.2) is 9.67 Å². The maximum absolute atomic E-state index is 5.63. The fraction of sp³-hybridized carbons (Fsp3) is 0.846. The summed E-state index contributed by atoms with van der Waals surface area (Å²) in [6.45, 7) is 7.03. The molecule has 0 aliphatic heterocycles. The van der Waals surface area contributed by atoms with Gasteiger partial charge in [0.15, 0.2) is 0 Å². The van der Waals surface area contributed by atoms with Crippen LogP contribution in [0.3, 0.4) is 0 Å². The molecule has 1 saturated carbocycles. The highest BCUT2D eigenvalue weighted by molar-refractivity contribution is 4.90. The molecule has 1 aliphatic carbocycles. The molecule has 1 aliphatic rings. The molecule has 1 aromatic heterocycles. The Hall–Kier alpha value is -0.940. The van der Waals surface area contributed by atoms with Gasteiger partial charge in [-0.2, -0.15) is 5.10 Å². The minimum Gasteiger partial charge on any atom is -0.330 e. The van der Waals surface area contributed by atoms with Gasteiger partial charge in [0, 0.05) is 18.6 Å². The van der Waals surface area contributed by atoms with Crippen molar-refractivity contribution in [3.63, 3.8) is 0 Å². The van der Waals surface area contributed by atoms with Crippen molar-refractivity contribution < 1.29 is 0 Å². The Morgan fingerprint density at radius 1 is 1.50 bits per heavy atom. The summed E-state index contributed by atoms with van der Waals surface area (Å²) >= 11 is 0. The first-order valence-corrected chi connectivity index (χ1v) is 7.05. The quantitative estimate of drug-likeness (QED) is 0.799. The SMILES string of the molecule is CC(C)n1ncnc1CN(CCCN)C1CCC1. The maximum Gasteiger partial charge on any atom is 0.141 e. The largest absolute Gasteiger partial charge is 0.330 e. The van der Waals surface area contributed by atoms with Crippen LogP contribution in [0.15, 0.2) is 6.33 Å². The number of hydrogen-bond acceptors (Lipinski definition) is 4. The van der Waals surface area contributed by atoms with Crippen LogP contribution in [0.25, 0.3) is 0 Å². The molecule has 0 atom stereocenters. The lowest BCUT2D eigenvalue weighted by atomic mass is 9.91. The number of nitrogens with two attached hydrogens (primary N) is 1. The van der Waals surface area contributed by atoms with E-state index in [0.717, 1.165) is 37.9 Å². The first-order chi connectivity index (χ1) is 8.72. The van der Waals surface area contributed by atoms with Crippen molar-refractivity contribution in [2.75, 3.05) is 13.1 Å². The minimum atomic E-state index is 0.375. The Labute approximate surface area is 109 Å². The second kappa shape index (κ2) is 6.29. The predicted molar refractivity (Wildman–Crippen MR) is 72.1 cm³/mol. The Kier molecular flexibility index (Phi) is 4.72. The second-order valence-electron chi connectivity index (χ2n) is 5.41. The Bertz CT molecular complexity index is 356. The van der Waals surface area contributed by atoms with Gasteiger partial charge < -0.3 is 5.73 Å². The molecule has 0 amide bonds. The number of aromatic nitrogens is 3. The van der Waals surface area contributed by atoms with Crippen molar-refractivity contribution in [3.8, 4) is 0 Å². The summed E-state index contributed by atoms with van der Waals surface area (Å²) in [6.07, 6.45) is 6.73. The van der Waals surface area contributed by atoms with Crippen LogP contribution < -0.4 is 5.73 Å². The average molecular weight is 251 g/mol. The highest BCUT2D eigenvalue weighted by atomic mass is 15.4. The van der Waals surface area contributed by atoms with Gasteiger partial charge in [0.1, 0.15) is 12.2 Å². The molecule has 5 heteroatoms. The summed E-state index contributed by atoms with van der Waals surface area (Å²) in [4.78, 5) is 6.93. The van der Waals surface area contributed by atoms with Crippen molar-refractivity contribution in [1.82, 2.24) is 19.7 Å². The van der Waals surface area contributed by atoms with E-state index < -0.39 is 0 Å². The van der Waals surface area contributed by atoms with Crippen molar-refractivity contribution in [2.24, 2.45) is 5.73 Å². The summed E-state index contributed by atoms with van der Waals surface area (Å²) < 4.78 is 2.02. The van der Waals surface area contributed by atoms with E-state index in [4.69, 9.17) is 5.73 Å². The number of nitrogens with zero attached hydrogens (tertiary/aromatic N) is 4. The minimum absolute atomic E-state index is 0.375. The third kappa shape index (κ3) is 3.09. The Morgan fingerprint density at radius 3 is 2.83 bits per heavy atom. The third-order valence-corrected chi connectivity index (χ3v) is 3.72. The molecule has 2 N–H and O–H groups in total. The molecule has 1 fully saturated rings. The van der Waals surface area contributed by atoms with Crippen LogP contribution in [0.5, 0.6) is 0 Å². The summed E-state index contributed by atoms with van der Waals surface area (Å²) in [5.74, 6) is 1.08. The van der Waals surface area contributed by atoms with E-state index in [2.05, 4.69) is 28.8 Å². The van der Waals surface area contributed by atoms with Crippen LogP contribution in [0.1, 0.15) is 51.4 Å². The van der Waals surface area contributed by atoms with Crippen molar-refractivity contribution in [2.45, 2.75) is 58.2 Å². The van der Waals surface area contributed by atoms with E-state index in [1.54, 1.807) is 6.33 Å². The lowest BCUT2D eigenvalue weighted by Gasteiger charge is -2.37. The molecule has 0 aromatic carbocycles. The number of rotatable bonds is 7. The molecule has 2 rings (SSSR count). The monoisotopic (exact) mass is 251 g/mol. The molecule has 0 bridgehead atoms. The van der Waals surface area contributed by atoms with E-state index in [1.165, 1.54) is 19.3 Å². The fourth-order valence-electron chi connectivity index (χ4n) is 2.44. The van der Waals surface area contributed by atoms with Gasteiger partial charge in [-0.1, -0.05) is 6.42 Å². The topological polar surface area (TPSA) is 60.0 Å². The van der Waals surface area contributed by atoms with E-state index in [9.17, 15) is 0 Å². The first-order valence-electron chi connectivity index (χ1n) is 7.05. The normalized spacial score (nSPS) is 16.5. The molecule has 102 valence electrons. The molecule has 0 saturated heterocycles. The molecule has 0 unspecified atom stereocenters. The van der Waals surface area contributed by atoms with Gasteiger partial charge in [-0.15, -0.1) is 0 Å². The fourth-order valence-corrected chi connectivity index (χ4v) is 2.44. The van der Waals surface area contributed by atoms with Crippen molar-refractivity contribution in [1.29, 1.82) is 0 Å². The van der Waals surface area contributed by atoms with Crippen LogP contribution in [0, 0.1) is 0 Å². The molecular formula is C13H25N5. The zero-order chi connectivity index (χ0) is 13.0. The second-order valence-corrected chi connectivity index (χ2v) is 5.41. The summed E-state index contributed by atoms with van der Waals surface area (Å²) in [7, 11) is 0.